The van der Waals surface area contributed by atoms with E-state index in [4.69, 9.17) is 9.47 Å². The molecule has 0 aromatic carbocycles. The van der Waals surface area contributed by atoms with Crippen molar-refractivity contribution in [2.24, 2.45) is 23.2 Å². The molecule has 1 heterocycles. The first-order valence-electron chi connectivity index (χ1n) is 9.18. The van der Waals surface area contributed by atoms with Crippen molar-refractivity contribution in [3.05, 3.63) is 12.7 Å². The highest BCUT2D eigenvalue weighted by Crippen LogP contribution is 2.58. The molecule has 6 atom stereocenters. The van der Waals surface area contributed by atoms with Gasteiger partial charge in [0.05, 0.1) is 11.7 Å². The molecule has 1 unspecified atom stereocenters. The summed E-state index contributed by atoms with van der Waals surface area (Å²) < 4.78 is 13.1. The lowest BCUT2D eigenvalue weighted by atomic mass is 9.69. The average molecular weight is 306 g/mol. The van der Waals surface area contributed by atoms with Gasteiger partial charge >= 0.3 is 0 Å². The van der Waals surface area contributed by atoms with Crippen LogP contribution in [-0.4, -0.2) is 17.5 Å². The Balaban J connectivity index is 1.86. The molecule has 22 heavy (non-hydrogen) atoms. The van der Waals surface area contributed by atoms with E-state index in [1.807, 2.05) is 6.08 Å². The summed E-state index contributed by atoms with van der Waals surface area (Å²) in [7, 11) is 0. The summed E-state index contributed by atoms with van der Waals surface area (Å²) >= 11 is 0. The summed E-state index contributed by atoms with van der Waals surface area (Å²) in [6.07, 6.45) is 9.13. The second kappa shape index (κ2) is 5.34. The Labute approximate surface area is 136 Å². The van der Waals surface area contributed by atoms with Gasteiger partial charge in [-0.05, 0) is 62.7 Å². The lowest BCUT2D eigenvalue weighted by molar-refractivity contribution is -0.186. The van der Waals surface area contributed by atoms with Crippen LogP contribution in [0.4, 0.5) is 0 Å². The van der Waals surface area contributed by atoms with Gasteiger partial charge in [0.15, 0.2) is 5.79 Å². The van der Waals surface area contributed by atoms with Gasteiger partial charge in [-0.1, -0.05) is 33.3 Å². The molecule has 0 N–H and O–H groups in total. The first kappa shape index (κ1) is 16.5. The Hall–Kier alpha value is -0.340. The van der Waals surface area contributed by atoms with E-state index in [0.717, 1.165) is 37.0 Å². The molecular formula is C20H34O2. The summed E-state index contributed by atoms with van der Waals surface area (Å²) in [5.74, 6) is 2.03. The van der Waals surface area contributed by atoms with Gasteiger partial charge in [0.2, 0.25) is 0 Å². The van der Waals surface area contributed by atoms with Crippen LogP contribution in [0.1, 0.15) is 73.1 Å². The molecule has 0 spiro atoms. The smallest absolute Gasteiger partial charge is 0.167 e. The Kier molecular flexibility index (Phi) is 4.01. The van der Waals surface area contributed by atoms with Crippen molar-refractivity contribution in [3.8, 4) is 0 Å². The molecule has 0 aromatic rings. The molecule has 3 rings (SSSR count). The summed E-state index contributed by atoms with van der Waals surface area (Å²) in [6.45, 7) is 15.6. The fraction of sp³-hybridized carbons (Fsp3) is 0.900. The number of ether oxygens (including phenoxy) is 2. The maximum atomic E-state index is 6.59. The van der Waals surface area contributed by atoms with Crippen LogP contribution < -0.4 is 0 Å². The topological polar surface area (TPSA) is 18.5 Å². The normalized spacial score (nSPS) is 50.2. The van der Waals surface area contributed by atoms with E-state index in [9.17, 15) is 0 Å². The lowest BCUT2D eigenvalue weighted by Crippen LogP contribution is -2.40. The number of rotatable bonds is 3. The van der Waals surface area contributed by atoms with Crippen molar-refractivity contribution in [1.82, 2.24) is 0 Å². The fourth-order valence-electron chi connectivity index (χ4n) is 5.85. The van der Waals surface area contributed by atoms with Crippen LogP contribution in [0, 0.1) is 23.2 Å². The predicted octanol–water partition coefficient (Wildman–Crippen LogP) is 5.33. The molecule has 0 amide bonds. The highest BCUT2D eigenvalue weighted by Gasteiger charge is 2.59. The van der Waals surface area contributed by atoms with Gasteiger partial charge in [0.25, 0.3) is 0 Å². The van der Waals surface area contributed by atoms with Gasteiger partial charge in [-0.15, -0.1) is 6.58 Å². The lowest BCUT2D eigenvalue weighted by Gasteiger charge is -2.39. The predicted molar refractivity (Wildman–Crippen MR) is 90.6 cm³/mol. The van der Waals surface area contributed by atoms with E-state index in [1.54, 1.807) is 0 Å². The van der Waals surface area contributed by atoms with Crippen molar-refractivity contribution in [1.29, 1.82) is 0 Å². The van der Waals surface area contributed by atoms with Crippen LogP contribution in [0.5, 0.6) is 0 Å². The summed E-state index contributed by atoms with van der Waals surface area (Å²) in [6, 6.07) is 0. The average Bonchev–Trinajstić information content (AvgIpc) is 2.85. The zero-order valence-corrected chi connectivity index (χ0v) is 15.2. The maximum Gasteiger partial charge on any atom is 0.167 e. The van der Waals surface area contributed by atoms with Gasteiger partial charge in [-0.3, -0.25) is 0 Å². The van der Waals surface area contributed by atoms with E-state index >= 15 is 0 Å². The molecule has 1 aliphatic heterocycles. The van der Waals surface area contributed by atoms with Crippen LogP contribution in [0.15, 0.2) is 12.7 Å². The third-order valence-electron chi connectivity index (χ3n) is 6.80. The van der Waals surface area contributed by atoms with Crippen molar-refractivity contribution in [2.45, 2.75) is 90.6 Å². The Morgan fingerprint density at radius 2 is 1.91 bits per heavy atom. The van der Waals surface area contributed by atoms with Gasteiger partial charge < -0.3 is 9.47 Å². The van der Waals surface area contributed by atoms with Crippen LogP contribution in [-0.2, 0) is 9.47 Å². The van der Waals surface area contributed by atoms with E-state index in [1.165, 1.54) is 19.3 Å². The first-order valence-corrected chi connectivity index (χ1v) is 9.18. The highest BCUT2D eigenvalue weighted by molar-refractivity contribution is 5.06. The second-order valence-corrected chi connectivity index (χ2v) is 9.21. The molecule has 2 heteroatoms. The summed E-state index contributed by atoms with van der Waals surface area (Å²) in [5.41, 5.74) is 0.204. The minimum absolute atomic E-state index is 0.135. The Bertz CT molecular complexity index is 443. The van der Waals surface area contributed by atoms with E-state index in [-0.39, 0.29) is 11.7 Å². The monoisotopic (exact) mass is 306 g/mol. The van der Waals surface area contributed by atoms with Crippen LogP contribution in [0.3, 0.4) is 0 Å². The summed E-state index contributed by atoms with van der Waals surface area (Å²) in [5, 5.41) is 0. The van der Waals surface area contributed by atoms with E-state index in [0.29, 0.717) is 5.41 Å². The molecule has 126 valence electrons. The van der Waals surface area contributed by atoms with Gasteiger partial charge in [0.1, 0.15) is 0 Å². The zero-order chi connectivity index (χ0) is 16.2. The first-order chi connectivity index (χ1) is 10.2. The van der Waals surface area contributed by atoms with Gasteiger partial charge in [-0.2, -0.15) is 0 Å². The Morgan fingerprint density at radius 3 is 2.59 bits per heavy atom. The third kappa shape index (κ3) is 2.67. The molecule has 3 aliphatic rings. The van der Waals surface area contributed by atoms with E-state index in [2.05, 4.69) is 41.2 Å². The van der Waals surface area contributed by atoms with Gasteiger partial charge in [0, 0.05) is 6.42 Å². The van der Waals surface area contributed by atoms with Crippen LogP contribution in [0.25, 0.3) is 0 Å². The van der Waals surface area contributed by atoms with Crippen LogP contribution >= 0.6 is 0 Å². The molecule has 0 radical (unpaired) electrons. The third-order valence-corrected chi connectivity index (χ3v) is 6.80. The minimum atomic E-state index is -0.432. The standard InChI is InChI=1S/C20H34O2/c1-7-8-11-20(6)21-17-12-15-14(2)9-10-16(15)18(3,4)13-19(17,5)22-20/h7,14-17H,1,8-13H2,2-6H3/t14-,15?,16-,17+,19-,20+/m1/s1. The van der Waals surface area contributed by atoms with Gasteiger partial charge in [-0.25, -0.2) is 0 Å². The molecular weight excluding hydrogens is 272 g/mol. The number of fused-ring (bicyclic) bond motifs is 2. The molecule has 3 fully saturated rings. The number of hydrogen-bond acceptors (Lipinski definition) is 2. The molecule has 2 saturated carbocycles. The number of allylic oxidation sites excluding steroid dienone is 1. The van der Waals surface area contributed by atoms with Crippen molar-refractivity contribution >= 4 is 0 Å². The number of hydrogen-bond donors (Lipinski definition) is 0. The maximum absolute atomic E-state index is 6.59. The van der Waals surface area contributed by atoms with Crippen LogP contribution in [0.2, 0.25) is 0 Å². The molecule has 0 bridgehead atoms. The minimum Gasteiger partial charge on any atom is -0.344 e. The Morgan fingerprint density at radius 1 is 1.18 bits per heavy atom. The van der Waals surface area contributed by atoms with Crippen molar-refractivity contribution in [2.75, 3.05) is 0 Å². The fourth-order valence-corrected chi connectivity index (χ4v) is 5.85. The van der Waals surface area contributed by atoms with Crippen molar-refractivity contribution < 1.29 is 9.47 Å². The SMILES string of the molecule is C=CCC[C@@]1(C)O[C@H]2CC3[C@H](C)CC[C@H]3C(C)(C)C[C@@]2(C)O1. The zero-order valence-electron chi connectivity index (χ0n) is 15.2. The van der Waals surface area contributed by atoms with E-state index < -0.39 is 5.79 Å². The molecule has 0 aromatic heterocycles. The molecule has 1 saturated heterocycles. The molecule has 2 nitrogen and oxygen atoms in total. The highest BCUT2D eigenvalue weighted by atomic mass is 16.8. The van der Waals surface area contributed by atoms with Crippen molar-refractivity contribution in [3.63, 3.8) is 0 Å². The second-order valence-electron chi connectivity index (χ2n) is 9.21. The quantitative estimate of drug-likeness (QED) is 0.656. The largest absolute Gasteiger partial charge is 0.344 e. The summed E-state index contributed by atoms with van der Waals surface area (Å²) in [4.78, 5) is 0. The molecule has 2 aliphatic carbocycles.